The largest absolute Gasteiger partial charge is 0.497 e. The van der Waals surface area contributed by atoms with Gasteiger partial charge in [-0.1, -0.05) is 30.2 Å². The van der Waals surface area contributed by atoms with Crippen molar-refractivity contribution in [3.63, 3.8) is 0 Å². The summed E-state index contributed by atoms with van der Waals surface area (Å²) in [6.07, 6.45) is 5.39. The van der Waals surface area contributed by atoms with E-state index in [1.165, 1.54) is 17.5 Å². The van der Waals surface area contributed by atoms with Gasteiger partial charge >= 0.3 is 0 Å². The monoisotopic (exact) mass is 424 g/mol. The molecule has 0 atom stereocenters. The normalized spacial score (nSPS) is 20.8. The summed E-state index contributed by atoms with van der Waals surface area (Å²) in [5.74, 6) is 1.43. The summed E-state index contributed by atoms with van der Waals surface area (Å²) < 4.78 is 5.53. The Bertz CT molecular complexity index is 948. The summed E-state index contributed by atoms with van der Waals surface area (Å²) in [6, 6.07) is 14.4. The minimum absolute atomic E-state index is 0.0358. The van der Waals surface area contributed by atoms with E-state index in [0.29, 0.717) is 5.91 Å². The predicted molar refractivity (Wildman–Crippen MR) is 120 cm³/mol. The van der Waals surface area contributed by atoms with Crippen LogP contribution in [0, 0.1) is 5.92 Å². The number of carbonyl (C=O) groups is 1. The van der Waals surface area contributed by atoms with Crippen LogP contribution in [0.2, 0.25) is 5.02 Å². The average Bonchev–Trinajstić information content (AvgIpc) is 3.02. The lowest BCUT2D eigenvalue weighted by molar-refractivity contribution is -0.124. The van der Waals surface area contributed by atoms with Crippen LogP contribution in [0.4, 0.5) is 5.69 Å². The number of anilines is 1. The maximum atomic E-state index is 13.2. The molecule has 0 aromatic heterocycles. The molecular weight excluding hydrogens is 396 g/mol. The van der Waals surface area contributed by atoms with Crippen LogP contribution in [0.25, 0.3) is 0 Å². The van der Waals surface area contributed by atoms with Gasteiger partial charge in [-0.3, -0.25) is 9.69 Å². The van der Waals surface area contributed by atoms with Crippen molar-refractivity contribution in [1.29, 1.82) is 0 Å². The van der Waals surface area contributed by atoms with Crippen molar-refractivity contribution < 1.29 is 9.53 Å². The lowest BCUT2D eigenvalue weighted by atomic mass is 9.74. The van der Waals surface area contributed by atoms with Crippen LogP contribution < -0.4 is 9.64 Å². The molecule has 4 nitrogen and oxygen atoms in total. The number of benzene rings is 2. The molecular formula is C25H29ClN2O2. The van der Waals surface area contributed by atoms with Crippen molar-refractivity contribution >= 4 is 23.2 Å². The topological polar surface area (TPSA) is 32.8 Å². The highest BCUT2D eigenvalue weighted by molar-refractivity contribution is 6.30. The number of ether oxygens (including phenoxy) is 1. The van der Waals surface area contributed by atoms with Gasteiger partial charge in [0, 0.05) is 35.1 Å². The molecule has 5 heteroatoms. The fraction of sp³-hybridized carbons (Fsp3) is 0.480. The molecule has 2 aliphatic heterocycles. The van der Waals surface area contributed by atoms with Crippen LogP contribution in [0.5, 0.6) is 5.75 Å². The highest BCUT2D eigenvalue weighted by Gasteiger charge is 2.47. The first-order valence-corrected chi connectivity index (χ1v) is 11.4. The van der Waals surface area contributed by atoms with Crippen LogP contribution in [-0.4, -0.2) is 37.6 Å². The molecule has 5 rings (SSSR count). The lowest BCUT2D eigenvalue weighted by Crippen LogP contribution is -2.47. The Kier molecular flexibility index (Phi) is 5.24. The minimum Gasteiger partial charge on any atom is -0.497 e. The Labute approximate surface area is 183 Å². The van der Waals surface area contributed by atoms with Crippen molar-refractivity contribution in [3.8, 4) is 5.75 Å². The zero-order chi connectivity index (χ0) is 20.7. The number of hydrogen-bond donors (Lipinski definition) is 0. The van der Waals surface area contributed by atoms with E-state index in [4.69, 9.17) is 16.3 Å². The van der Waals surface area contributed by atoms with E-state index < -0.39 is 0 Å². The van der Waals surface area contributed by atoms with Crippen LogP contribution >= 0.6 is 11.6 Å². The molecule has 1 saturated heterocycles. The molecule has 158 valence electrons. The number of methoxy groups -OCH3 is 1. The summed E-state index contributed by atoms with van der Waals surface area (Å²) in [5.41, 5.74) is 3.70. The van der Waals surface area contributed by atoms with Gasteiger partial charge in [0.05, 0.1) is 7.11 Å². The molecule has 2 fully saturated rings. The van der Waals surface area contributed by atoms with Crippen LogP contribution in [-0.2, 0) is 16.8 Å². The molecule has 3 aliphatic rings. The van der Waals surface area contributed by atoms with Gasteiger partial charge in [-0.2, -0.15) is 0 Å². The Morgan fingerprint density at radius 3 is 2.63 bits per heavy atom. The first-order valence-electron chi connectivity index (χ1n) is 11.0. The summed E-state index contributed by atoms with van der Waals surface area (Å²) in [6.45, 7) is 3.78. The van der Waals surface area contributed by atoms with E-state index in [9.17, 15) is 4.79 Å². The van der Waals surface area contributed by atoms with Crippen LogP contribution in [0.3, 0.4) is 0 Å². The first-order chi connectivity index (χ1) is 14.6. The Balaban J connectivity index is 1.37. The molecule has 0 unspecified atom stereocenters. The Morgan fingerprint density at radius 2 is 1.97 bits per heavy atom. The second-order valence-electron chi connectivity index (χ2n) is 9.12. The molecule has 1 saturated carbocycles. The van der Waals surface area contributed by atoms with Gasteiger partial charge in [0.1, 0.15) is 5.75 Å². The van der Waals surface area contributed by atoms with E-state index in [2.05, 4.69) is 34.1 Å². The second-order valence-corrected chi connectivity index (χ2v) is 9.56. The Morgan fingerprint density at radius 1 is 1.17 bits per heavy atom. The van der Waals surface area contributed by atoms with Gasteiger partial charge in [0.25, 0.3) is 0 Å². The second kappa shape index (κ2) is 7.90. The quantitative estimate of drug-likeness (QED) is 0.690. The third-order valence-corrected chi connectivity index (χ3v) is 7.59. The maximum absolute atomic E-state index is 13.2. The lowest BCUT2D eigenvalue weighted by Gasteiger charge is -2.40. The zero-order valence-corrected chi connectivity index (χ0v) is 18.3. The number of likely N-dealkylation sites (tertiary alicyclic amines) is 1. The number of piperidine rings is 1. The van der Waals surface area contributed by atoms with Crippen LogP contribution in [0.15, 0.2) is 42.5 Å². The van der Waals surface area contributed by atoms with E-state index in [0.717, 1.165) is 68.3 Å². The number of rotatable bonds is 4. The SMILES string of the molecule is COc1ccc2c(c1)C1(CCN(Cc3cccc(Cl)c3)CC1)CN2C(=O)C1CCC1. The molecule has 0 bridgehead atoms. The number of carbonyl (C=O) groups excluding carboxylic acids is 1. The third kappa shape index (κ3) is 3.50. The van der Waals surface area contributed by atoms with Gasteiger partial charge in [-0.25, -0.2) is 0 Å². The molecule has 2 aromatic rings. The highest BCUT2D eigenvalue weighted by atomic mass is 35.5. The number of fused-ring (bicyclic) bond motifs is 2. The number of hydrogen-bond acceptors (Lipinski definition) is 3. The van der Waals surface area contributed by atoms with Gasteiger partial charge in [-0.15, -0.1) is 0 Å². The fourth-order valence-corrected chi connectivity index (χ4v) is 5.52. The van der Waals surface area contributed by atoms with Crippen molar-refractivity contribution in [3.05, 3.63) is 58.6 Å². The van der Waals surface area contributed by atoms with Gasteiger partial charge < -0.3 is 9.64 Å². The van der Waals surface area contributed by atoms with E-state index >= 15 is 0 Å². The average molecular weight is 425 g/mol. The molecule has 0 radical (unpaired) electrons. The standard InChI is InChI=1S/C25H29ClN2O2/c1-30-21-8-9-23-22(15-21)25(17-28(23)24(29)19-5-3-6-19)10-12-27(13-11-25)16-18-4-2-7-20(26)14-18/h2,4,7-9,14-15,19H,3,5-6,10-13,16-17H2,1H3. The van der Waals surface area contributed by atoms with E-state index in [1.54, 1.807) is 7.11 Å². The summed E-state index contributed by atoms with van der Waals surface area (Å²) >= 11 is 6.17. The molecule has 2 aromatic carbocycles. The van der Waals surface area contributed by atoms with Gasteiger partial charge in [0.15, 0.2) is 0 Å². The smallest absolute Gasteiger partial charge is 0.230 e. The molecule has 1 spiro atoms. The maximum Gasteiger partial charge on any atom is 0.230 e. The molecule has 1 aliphatic carbocycles. The summed E-state index contributed by atoms with van der Waals surface area (Å²) in [4.78, 5) is 17.8. The van der Waals surface area contributed by atoms with Crippen LogP contribution in [0.1, 0.15) is 43.2 Å². The van der Waals surface area contributed by atoms with Crippen molar-refractivity contribution in [2.24, 2.45) is 5.92 Å². The fourth-order valence-electron chi connectivity index (χ4n) is 5.31. The summed E-state index contributed by atoms with van der Waals surface area (Å²) in [7, 11) is 1.72. The number of amides is 1. The van der Waals surface area contributed by atoms with Crippen molar-refractivity contribution in [2.75, 3.05) is 31.6 Å². The van der Waals surface area contributed by atoms with Gasteiger partial charge in [0.2, 0.25) is 5.91 Å². The van der Waals surface area contributed by atoms with Crippen molar-refractivity contribution in [1.82, 2.24) is 4.90 Å². The predicted octanol–water partition coefficient (Wildman–Crippen LogP) is 5.03. The first kappa shape index (κ1) is 19.9. The molecule has 2 heterocycles. The zero-order valence-electron chi connectivity index (χ0n) is 17.6. The van der Waals surface area contributed by atoms with Crippen molar-refractivity contribution in [2.45, 2.75) is 44.1 Å². The molecule has 0 N–H and O–H groups in total. The number of halogens is 1. The third-order valence-electron chi connectivity index (χ3n) is 7.36. The highest BCUT2D eigenvalue weighted by Crippen LogP contribution is 2.49. The Hall–Kier alpha value is -2.04. The van der Waals surface area contributed by atoms with Gasteiger partial charge in [-0.05, 0) is 80.2 Å². The molecule has 30 heavy (non-hydrogen) atoms. The number of nitrogens with zero attached hydrogens (tertiary/aromatic N) is 2. The van der Waals surface area contributed by atoms with E-state index in [1.807, 2.05) is 18.2 Å². The van der Waals surface area contributed by atoms with E-state index in [-0.39, 0.29) is 11.3 Å². The summed E-state index contributed by atoms with van der Waals surface area (Å²) in [5, 5.41) is 0.794. The molecule has 1 amide bonds. The minimum atomic E-state index is 0.0358.